The largest absolute Gasteiger partial charge is 0.326 e. The zero-order chi connectivity index (χ0) is 12.3. The lowest BCUT2D eigenvalue weighted by Gasteiger charge is -2.40. The quantitative estimate of drug-likeness (QED) is 0.874. The molecule has 3 heteroatoms. The van der Waals surface area contributed by atoms with Crippen LogP contribution in [0.4, 0.5) is 4.39 Å². The van der Waals surface area contributed by atoms with Gasteiger partial charge in [0.15, 0.2) is 0 Å². The molecule has 0 aliphatic carbocycles. The summed E-state index contributed by atoms with van der Waals surface area (Å²) in [4.78, 5) is 2.33. The molecule has 2 rings (SSSR count). The first-order valence-corrected chi connectivity index (χ1v) is 6.48. The summed E-state index contributed by atoms with van der Waals surface area (Å²) in [6, 6.07) is 7.12. The second-order valence-corrected chi connectivity index (χ2v) is 4.81. The number of hydrogen-bond donors (Lipinski definition) is 1. The van der Waals surface area contributed by atoms with Gasteiger partial charge in [-0.15, -0.1) is 0 Å². The van der Waals surface area contributed by atoms with E-state index in [1.807, 2.05) is 12.1 Å². The van der Waals surface area contributed by atoms with Crippen molar-refractivity contribution >= 4 is 0 Å². The van der Waals surface area contributed by atoms with Crippen molar-refractivity contribution in [1.29, 1.82) is 0 Å². The van der Waals surface area contributed by atoms with Gasteiger partial charge in [-0.2, -0.15) is 0 Å². The third-order valence-corrected chi connectivity index (χ3v) is 3.52. The first kappa shape index (κ1) is 12.5. The van der Waals surface area contributed by atoms with Crippen LogP contribution in [-0.4, -0.2) is 24.0 Å². The molecule has 1 saturated heterocycles. The Kier molecular flexibility index (Phi) is 4.13. The summed E-state index contributed by atoms with van der Waals surface area (Å²) in [7, 11) is 0. The molecule has 0 spiro atoms. The van der Waals surface area contributed by atoms with Crippen molar-refractivity contribution in [3.8, 4) is 0 Å². The molecule has 1 aliphatic heterocycles. The van der Waals surface area contributed by atoms with E-state index in [2.05, 4.69) is 11.8 Å². The fraction of sp³-hybridized carbons (Fsp3) is 0.571. The van der Waals surface area contributed by atoms with Crippen molar-refractivity contribution < 1.29 is 4.39 Å². The van der Waals surface area contributed by atoms with Gasteiger partial charge in [0, 0.05) is 11.6 Å². The molecule has 1 aliphatic rings. The van der Waals surface area contributed by atoms with Gasteiger partial charge < -0.3 is 5.73 Å². The Balaban J connectivity index is 2.28. The second kappa shape index (κ2) is 5.61. The van der Waals surface area contributed by atoms with Crippen LogP contribution in [-0.2, 0) is 0 Å². The van der Waals surface area contributed by atoms with Crippen molar-refractivity contribution in [1.82, 2.24) is 4.90 Å². The average molecular weight is 236 g/mol. The zero-order valence-corrected chi connectivity index (χ0v) is 10.4. The van der Waals surface area contributed by atoms with E-state index in [0.717, 1.165) is 37.9 Å². The Morgan fingerprint density at radius 1 is 1.41 bits per heavy atom. The lowest BCUT2D eigenvalue weighted by atomic mass is 9.90. The molecule has 2 atom stereocenters. The molecule has 0 bridgehead atoms. The highest BCUT2D eigenvalue weighted by molar-refractivity contribution is 5.23. The molecule has 0 radical (unpaired) electrons. The van der Waals surface area contributed by atoms with Gasteiger partial charge in [-0.3, -0.25) is 4.90 Å². The highest BCUT2D eigenvalue weighted by Crippen LogP contribution is 2.31. The van der Waals surface area contributed by atoms with Crippen LogP contribution in [0.1, 0.15) is 37.8 Å². The number of piperidine rings is 1. The van der Waals surface area contributed by atoms with Crippen molar-refractivity contribution in [2.45, 2.75) is 38.3 Å². The molecule has 2 N–H and O–H groups in total. The third-order valence-electron chi connectivity index (χ3n) is 3.52. The van der Waals surface area contributed by atoms with E-state index in [4.69, 9.17) is 5.73 Å². The number of hydrogen-bond acceptors (Lipinski definition) is 2. The summed E-state index contributed by atoms with van der Waals surface area (Å²) in [6.07, 6.45) is 3.18. The van der Waals surface area contributed by atoms with Crippen LogP contribution < -0.4 is 5.73 Å². The maximum Gasteiger partial charge on any atom is 0.128 e. The van der Waals surface area contributed by atoms with E-state index in [1.165, 1.54) is 6.07 Å². The molecule has 0 aromatic heterocycles. The van der Waals surface area contributed by atoms with Crippen LogP contribution in [0.2, 0.25) is 0 Å². The Morgan fingerprint density at radius 3 is 2.88 bits per heavy atom. The molecular weight excluding hydrogens is 215 g/mol. The normalized spacial score (nSPS) is 26.1. The highest BCUT2D eigenvalue weighted by atomic mass is 19.1. The van der Waals surface area contributed by atoms with Gasteiger partial charge in [0.2, 0.25) is 0 Å². The predicted molar refractivity (Wildman–Crippen MR) is 68.2 cm³/mol. The van der Waals surface area contributed by atoms with E-state index in [1.54, 1.807) is 6.07 Å². The number of nitrogens with zero attached hydrogens (tertiary/aromatic N) is 1. The molecule has 2 nitrogen and oxygen atoms in total. The van der Waals surface area contributed by atoms with Gasteiger partial charge in [0.25, 0.3) is 0 Å². The SMILES string of the molecule is CCCN1CCCC(N)C1c1ccccc1F. The minimum absolute atomic E-state index is 0.0462. The number of likely N-dealkylation sites (tertiary alicyclic amines) is 1. The Bertz CT molecular complexity index is 365. The molecular formula is C14H21FN2. The molecule has 0 amide bonds. The average Bonchev–Trinajstić information content (AvgIpc) is 2.31. The fourth-order valence-electron chi connectivity index (χ4n) is 2.78. The summed E-state index contributed by atoms with van der Waals surface area (Å²) >= 11 is 0. The van der Waals surface area contributed by atoms with Gasteiger partial charge in [-0.25, -0.2) is 4.39 Å². The van der Waals surface area contributed by atoms with Gasteiger partial charge >= 0.3 is 0 Å². The Morgan fingerprint density at radius 2 is 2.18 bits per heavy atom. The molecule has 1 aromatic rings. The van der Waals surface area contributed by atoms with Crippen LogP contribution in [0, 0.1) is 5.82 Å². The Labute approximate surface area is 103 Å². The van der Waals surface area contributed by atoms with E-state index in [9.17, 15) is 4.39 Å². The van der Waals surface area contributed by atoms with Crippen molar-refractivity contribution in [3.63, 3.8) is 0 Å². The molecule has 2 unspecified atom stereocenters. The van der Waals surface area contributed by atoms with Crippen LogP contribution in [0.5, 0.6) is 0 Å². The standard InChI is InChI=1S/C14H21FN2/c1-2-9-17-10-5-8-13(16)14(17)11-6-3-4-7-12(11)15/h3-4,6-7,13-14H,2,5,8-10,16H2,1H3. The summed E-state index contributed by atoms with van der Waals surface area (Å²) in [5.74, 6) is -0.129. The van der Waals surface area contributed by atoms with Gasteiger partial charge in [0.05, 0.1) is 6.04 Å². The number of rotatable bonds is 3. The first-order valence-electron chi connectivity index (χ1n) is 6.48. The summed E-state index contributed by atoms with van der Waals surface area (Å²) in [5.41, 5.74) is 6.95. The molecule has 0 saturated carbocycles. The van der Waals surface area contributed by atoms with E-state index < -0.39 is 0 Å². The highest BCUT2D eigenvalue weighted by Gasteiger charge is 2.31. The predicted octanol–water partition coefficient (Wildman–Crippen LogP) is 2.70. The second-order valence-electron chi connectivity index (χ2n) is 4.81. The molecule has 1 aromatic carbocycles. The first-order chi connectivity index (χ1) is 8.24. The smallest absolute Gasteiger partial charge is 0.128 e. The minimum Gasteiger partial charge on any atom is -0.326 e. The number of halogens is 1. The van der Waals surface area contributed by atoms with Gasteiger partial charge in [0.1, 0.15) is 5.82 Å². The topological polar surface area (TPSA) is 29.3 Å². The van der Waals surface area contributed by atoms with E-state index >= 15 is 0 Å². The van der Waals surface area contributed by atoms with Crippen LogP contribution >= 0.6 is 0 Å². The van der Waals surface area contributed by atoms with Crippen LogP contribution in [0.15, 0.2) is 24.3 Å². The monoisotopic (exact) mass is 236 g/mol. The maximum atomic E-state index is 13.9. The van der Waals surface area contributed by atoms with E-state index in [0.29, 0.717) is 0 Å². The van der Waals surface area contributed by atoms with Crippen molar-refractivity contribution in [2.75, 3.05) is 13.1 Å². The number of benzene rings is 1. The van der Waals surface area contributed by atoms with Crippen molar-refractivity contribution in [3.05, 3.63) is 35.6 Å². The van der Waals surface area contributed by atoms with Gasteiger partial charge in [-0.05, 0) is 38.4 Å². The summed E-state index contributed by atoms with van der Waals surface area (Å²) < 4.78 is 13.9. The fourth-order valence-corrected chi connectivity index (χ4v) is 2.78. The zero-order valence-electron chi connectivity index (χ0n) is 10.4. The van der Waals surface area contributed by atoms with Gasteiger partial charge in [-0.1, -0.05) is 25.1 Å². The third kappa shape index (κ3) is 2.67. The van der Waals surface area contributed by atoms with Crippen LogP contribution in [0.25, 0.3) is 0 Å². The summed E-state index contributed by atoms with van der Waals surface area (Å²) in [6.45, 7) is 4.17. The molecule has 17 heavy (non-hydrogen) atoms. The Hall–Kier alpha value is -0.930. The molecule has 1 heterocycles. The minimum atomic E-state index is -0.129. The van der Waals surface area contributed by atoms with Crippen molar-refractivity contribution in [2.24, 2.45) is 5.73 Å². The maximum absolute atomic E-state index is 13.9. The summed E-state index contributed by atoms with van der Waals surface area (Å²) in [5, 5.41) is 0. The lowest BCUT2D eigenvalue weighted by Crippen LogP contribution is -2.46. The van der Waals surface area contributed by atoms with E-state index in [-0.39, 0.29) is 17.9 Å². The lowest BCUT2D eigenvalue weighted by molar-refractivity contribution is 0.126. The number of nitrogens with two attached hydrogens (primary N) is 1. The molecule has 94 valence electrons. The van der Waals surface area contributed by atoms with Crippen LogP contribution in [0.3, 0.4) is 0 Å². The molecule has 1 fully saturated rings.